The minimum absolute atomic E-state index is 0.0156. The normalized spacial score (nSPS) is 25.4. The Labute approximate surface area is 110 Å². The van der Waals surface area contributed by atoms with Gasteiger partial charge in [0, 0.05) is 5.92 Å². The van der Waals surface area contributed by atoms with Gasteiger partial charge in [-0.1, -0.05) is 26.7 Å². The van der Waals surface area contributed by atoms with Crippen LogP contribution in [0, 0.1) is 11.8 Å². The van der Waals surface area contributed by atoms with Gasteiger partial charge < -0.3 is 11.1 Å². The second-order valence-electron chi connectivity index (χ2n) is 5.38. The van der Waals surface area contributed by atoms with Crippen molar-refractivity contribution in [1.29, 1.82) is 0 Å². The fraction of sp³-hybridized carbons (Fsp3) is 0.857. The SMILES string of the molecule is CCCC(NC(=O)[C@H]1CC[C@H](CC)CC1)C(N)=O. The molecule has 18 heavy (non-hydrogen) atoms. The molecule has 1 fully saturated rings. The third-order valence-corrected chi connectivity index (χ3v) is 4.03. The molecule has 0 bridgehead atoms. The summed E-state index contributed by atoms with van der Waals surface area (Å²) in [4.78, 5) is 23.3. The first-order valence-corrected chi connectivity index (χ1v) is 7.18. The topological polar surface area (TPSA) is 72.2 Å². The molecule has 0 radical (unpaired) electrons. The maximum absolute atomic E-state index is 12.1. The summed E-state index contributed by atoms with van der Waals surface area (Å²) in [6.45, 7) is 4.18. The lowest BCUT2D eigenvalue weighted by Gasteiger charge is -2.28. The van der Waals surface area contributed by atoms with Crippen molar-refractivity contribution in [3.63, 3.8) is 0 Å². The Morgan fingerprint density at radius 2 is 1.83 bits per heavy atom. The van der Waals surface area contributed by atoms with E-state index in [1.807, 2.05) is 6.92 Å². The van der Waals surface area contributed by atoms with Crippen molar-refractivity contribution in [2.75, 3.05) is 0 Å². The van der Waals surface area contributed by atoms with Gasteiger partial charge in [0.25, 0.3) is 0 Å². The molecule has 0 aromatic heterocycles. The second-order valence-corrected chi connectivity index (χ2v) is 5.38. The Morgan fingerprint density at radius 3 is 2.28 bits per heavy atom. The third-order valence-electron chi connectivity index (χ3n) is 4.03. The zero-order valence-electron chi connectivity index (χ0n) is 11.6. The monoisotopic (exact) mass is 254 g/mol. The van der Waals surface area contributed by atoms with Crippen molar-refractivity contribution >= 4 is 11.8 Å². The summed E-state index contributed by atoms with van der Waals surface area (Å²) in [7, 11) is 0. The van der Waals surface area contributed by atoms with Crippen molar-refractivity contribution in [1.82, 2.24) is 5.32 Å². The van der Waals surface area contributed by atoms with Crippen LogP contribution in [-0.2, 0) is 9.59 Å². The summed E-state index contributed by atoms with van der Waals surface area (Å²) in [5.41, 5.74) is 5.29. The number of amides is 2. The lowest BCUT2D eigenvalue weighted by atomic mass is 9.80. The summed E-state index contributed by atoms with van der Waals surface area (Å²) in [6.07, 6.45) is 6.83. The number of carbonyl (C=O) groups is 2. The first kappa shape index (κ1) is 15.0. The highest BCUT2D eigenvalue weighted by Gasteiger charge is 2.27. The summed E-state index contributed by atoms with van der Waals surface area (Å²) < 4.78 is 0. The standard InChI is InChI=1S/C14H26N2O2/c1-3-5-12(13(15)17)16-14(18)11-8-6-10(4-2)7-9-11/h10-12H,3-9H2,1-2H3,(H2,15,17)(H,16,18)/t10-,11-,12?. The molecule has 0 saturated heterocycles. The fourth-order valence-corrected chi connectivity index (χ4v) is 2.70. The Morgan fingerprint density at radius 1 is 1.22 bits per heavy atom. The molecule has 1 rings (SSSR count). The molecule has 4 nitrogen and oxygen atoms in total. The summed E-state index contributed by atoms with van der Waals surface area (Å²) in [5, 5.41) is 2.81. The van der Waals surface area contributed by atoms with E-state index >= 15 is 0 Å². The van der Waals surface area contributed by atoms with Crippen molar-refractivity contribution < 1.29 is 9.59 Å². The third kappa shape index (κ3) is 4.31. The maximum atomic E-state index is 12.1. The van der Waals surface area contributed by atoms with Crippen LogP contribution in [0.2, 0.25) is 0 Å². The highest BCUT2D eigenvalue weighted by atomic mass is 16.2. The van der Waals surface area contributed by atoms with E-state index in [0.29, 0.717) is 6.42 Å². The zero-order chi connectivity index (χ0) is 13.5. The summed E-state index contributed by atoms with van der Waals surface area (Å²) >= 11 is 0. The molecule has 4 heteroatoms. The number of primary amides is 1. The summed E-state index contributed by atoms with van der Waals surface area (Å²) in [6, 6.07) is -0.494. The molecule has 0 spiro atoms. The van der Waals surface area contributed by atoms with E-state index in [1.165, 1.54) is 6.42 Å². The number of hydrogen-bond acceptors (Lipinski definition) is 2. The van der Waals surface area contributed by atoms with Crippen LogP contribution in [0.5, 0.6) is 0 Å². The number of rotatable bonds is 6. The number of nitrogens with two attached hydrogens (primary N) is 1. The molecule has 1 aliphatic carbocycles. The van der Waals surface area contributed by atoms with Gasteiger partial charge in [-0.3, -0.25) is 9.59 Å². The van der Waals surface area contributed by atoms with Crippen molar-refractivity contribution in [2.24, 2.45) is 17.6 Å². The average molecular weight is 254 g/mol. The number of carbonyl (C=O) groups excluding carboxylic acids is 2. The Hall–Kier alpha value is -1.06. The van der Waals surface area contributed by atoms with Crippen LogP contribution in [0.15, 0.2) is 0 Å². The quantitative estimate of drug-likeness (QED) is 0.760. The molecule has 0 aromatic carbocycles. The molecular formula is C14H26N2O2. The van der Waals surface area contributed by atoms with E-state index in [-0.39, 0.29) is 11.8 Å². The molecule has 1 saturated carbocycles. The van der Waals surface area contributed by atoms with E-state index in [1.54, 1.807) is 0 Å². The van der Waals surface area contributed by atoms with Gasteiger partial charge in [-0.25, -0.2) is 0 Å². The van der Waals surface area contributed by atoms with E-state index in [0.717, 1.165) is 38.0 Å². The first-order chi connectivity index (χ1) is 8.58. The molecule has 1 unspecified atom stereocenters. The predicted molar refractivity (Wildman–Crippen MR) is 71.8 cm³/mol. The lowest BCUT2D eigenvalue weighted by Crippen LogP contribution is -2.47. The van der Waals surface area contributed by atoms with Crippen LogP contribution in [0.3, 0.4) is 0 Å². The van der Waals surface area contributed by atoms with Gasteiger partial charge in [0.05, 0.1) is 0 Å². The van der Waals surface area contributed by atoms with Gasteiger partial charge in [-0.15, -0.1) is 0 Å². The van der Waals surface area contributed by atoms with Gasteiger partial charge in [0.15, 0.2) is 0 Å². The van der Waals surface area contributed by atoms with Gasteiger partial charge >= 0.3 is 0 Å². The summed E-state index contributed by atoms with van der Waals surface area (Å²) in [5.74, 6) is 0.442. The number of hydrogen-bond donors (Lipinski definition) is 2. The molecule has 1 aliphatic rings. The van der Waals surface area contributed by atoms with Crippen LogP contribution < -0.4 is 11.1 Å². The molecular weight excluding hydrogens is 228 g/mol. The highest BCUT2D eigenvalue weighted by Crippen LogP contribution is 2.30. The minimum atomic E-state index is -0.494. The largest absolute Gasteiger partial charge is 0.368 e. The Bertz CT molecular complexity index is 284. The van der Waals surface area contributed by atoms with Crippen molar-refractivity contribution in [3.8, 4) is 0 Å². The van der Waals surface area contributed by atoms with Gasteiger partial charge in [-0.2, -0.15) is 0 Å². The average Bonchev–Trinajstić information content (AvgIpc) is 2.38. The first-order valence-electron chi connectivity index (χ1n) is 7.18. The van der Waals surface area contributed by atoms with E-state index < -0.39 is 11.9 Å². The van der Waals surface area contributed by atoms with Gasteiger partial charge in [0.2, 0.25) is 11.8 Å². The van der Waals surface area contributed by atoms with Crippen LogP contribution in [0.4, 0.5) is 0 Å². The van der Waals surface area contributed by atoms with Crippen LogP contribution >= 0.6 is 0 Å². The van der Waals surface area contributed by atoms with Gasteiger partial charge in [0.1, 0.15) is 6.04 Å². The molecule has 3 N–H and O–H groups in total. The van der Waals surface area contributed by atoms with Crippen LogP contribution in [0.25, 0.3) is 0 Å². The van der Waals surface area contributed by atoms with E-state index in [2.05, 4.69) is 12.2 Å². The van der Waals surface area contributed by atoms with Crippen LogP contribution in [-0.4, -0.2) is 17.9 Å². The minimum Gasteiger partial charge on any atom is -0.368 e. The molecule has 0 heterocycles. The molecule has 2 amide bonds. The fourth-order valence-electron chi connectivity index (χ4n) is 2.70. The van der Waals surface area contributed by atoms with Gasteiger partial charge in [-0.05, 0) is 38.0 Å². The second kappa shape index (κ2) is 7.39. The maximum Gasteiger partial charge on any atom is 0.239 e. The molecule has 0 aromatic rings. The van der Waals surface area contributed by atoms with E-state index in [9.17, 15) is 9.59 Å². The van der Waals surface area contributed by atoms with E-state index in [4.69, 9.17) is 5.73 Å². The molecule has 104 valence electrons. The van der Waals surface area contributed by atoms with Crippen molar-refractivity contribution in [3.05, 3.63) is 0 Å². The highest BCUT2D eigenvalue weighted by molar-refractivity contribution is 5.87. The molecule has 0 aliphatic heterocycles. The molecule has 1 atom stereocenters. The number of nitrogens with one attached hydrogen (secondary N) is 1. The predicted octanol–water partition coefficient (Wildman–Crippen LogP) is 1.97. The smallest absolute Gasteiger partial charge is 0.239 e. The Kier molecular flexibility index (Phi) is 6.16. The van der Waals surface area contributed by atoms with Crippen LogP contribution in [0.1, 0.15) is 58.8 Å². The Balaban J connectivity index is 2.42. The lowest BCUT2D eigenvalue weighted by molar-refractivity contribution is -0.131. The zero-order valence-corrected chi connectivity index (χ0v) is 11.6. The van der Waals surface area contributed by atoms with Crippen molar-refractivity contribution in [2.45, 2.75) is 64.8 Å².